The van der Waals surface area contributed by atoms with Crippen molar-refractivity contribution in [3.8, 4) is 5.75 Å². The number of hydrogen-bond acceptors (Lipinski definition) is 4. The fourth-order valence-electron chi connectivity index (χ4n) is 3.07. The molecule has 27 heavy (non-hydrogen) atoms. The van der Waals surface area contributed by atoms with E-state index in [0.717, 1.165) is 5.56 Å². The first-order chi connectivity index (χ1) is 12.3. The molecule has 2 heterocycles. The van der Waals surface area contributed by atoms with Crippen LogP contribution in [0.2, 0.25) is 0 Å². The molecule has 0 bridgehead atoms. The fourth-order valence-corrected chi connectivity index (χ4v) is 3.07. The van der Waals surface area contributed by atoms with Crippen LogP contribution in [0.3, 0.4) is 0 Å². The van der Waals surface area contributed by atoms with Crippen molar-refractivity contribution < 1.29 is 22.7 Å². The predicted octanol–water partition coefficient (Wildman–Crippen LogP) is 2.36. The maximum Gasteiger partial charge on any atom is 0.573 e. The van der Waals surface area contributed by atoms with Crippen LogP contribution in [0.1, 0.15) is 17.0 Å². The summed E-state index contributed by atoms with van der Waals surface area (Å²) >= 11 is 0. The lowest BCUT2D eigenvalue weighted by molar-refractivity contribution is -0.274. The summed E-state index contributed by atoms with van der Waals surface area (Å²) in [4.78, 5) is 12.5. The average molecular weight is 405 g/mol. The van der Waals surface area contributed by atoms with Crippen molar-refractivity contribution >= 4 is 18.3 Å². The molecule has 1 fully saturated rings. The highest BCUT2D eigenvalue weighted by Crippen LogP contribution is 2.28. The summed E-state index contributed by atoms with van der Waals surface area (Å²) in [7, 11) is 1.83. The van der Waals surface area contributed by atoms with E-state index in [4.69, 9.17) is 0 Å². The zero-order valence-electron chi connectivity index (χ0n) is 14.5. The standard InChI is InChI=1S/C17H19F3N4O2.ClH/c1-24-10-12(7-23-24)14-8-21-9-15(14)16(25)22-6-11-2-4-13(5-3-11)26-17(18,19)20;/h2-5,7,10,14-15,21H,6,8-9H2,1H3,(H,22,25);1H/t14-,15+;/m1./s1. The van der Waals surface area contributed by atoms with Gasteiger partial charge < -0.3 is 15.4 Å². The van der Waals surface area contributed by atoms with Crippen LogP contribution in [0.5, 0.6) is 5.75 Å². The van der Waals surface area contributed by atoms with Gasteiger partial charge in [-0.05, 0) is 23.3 Å². The van der Waals surface area contributed by atoms with E-state index in [1.807, 2.05) is 13.2 Å². The van der Waals surface area contributed by atoms with Crippen LogP contribution in [-0.4, -0.2) is 35.1 Å². The summed E-state index contributed by atoms with van der Waals surface area (Å²) < 4.78 is 42.0. The smallest absolute Gasteiger partial charge is 0.406 e. The molecule has 2 aromatic rings. The van der Waals surface area contributed by atoms with E-state index in [9.17, 15) is 18.0 Å². The SMILES string of the molecule is Cl.Cn1cc([C@H]2CNC[C@@H]2C(=O)NCc2ccc(OC(F)(F)F)cc2)cn1. The second kappa shape index (κ2) is 8.62. The molecule has 0 unspecified atom stereocenters. The van der Waals surface area contributed by atoms with Gasteiger partial charge in [0.05, 0.1) is 12.1 Å². The largest absolute Gasteiger partial charge is 0.573 e. The molecule has 0 radical (unpaired) electrons. The Labute approximate surface area is 160 Å². The number of halogens is 4. The molecule has 0 saturated carbocycles. The maximum atomic E-state index is 12.5. The van der Waals surface area contributed by atoms with Crippen LogP contribution < -0.4 is 15.4 Å². The summed E-state index contributed by atoms with van der Waals surface area (Å²) in [6.07, 6.45) is -1.05. The van der Waals surface area contributed by atoms with Crippen LogP contribution in [0.15, 0.2) is 36.7 Å². The molecular weight excluding hydrogens is 385 g/mol. The number of benzene rings is 1. The highest BCUT2D eigenvalue weighted by Gasteiger charge is 2.34. The number of nitrogens with one attached hydrogen (secondary N) is 2. The molecule has 1 saturated heterocycles. The Morgan fingerprint density at radius 3 is 2.63 bits per heavy atom. The van der Waals surface area contributed by atoms with Crippen LogP contribution in [0.25, 0.3) is 0 Å². The molecule has 0 aliphatic carbocycles. The molecule has 0 spiro atoms. The number of carbonyl (C=O) groups excluding carboxylic acids is 1. The minimum Gasteiger partial charge on any atom is -0.406 e. The first-order valence-corrected chi connectivity index (χ1v) is 8.13. The monoisotopic (exact) mass is 404 g/mol. The Morgan fingerprint density at radius 1 is 1.33 bits per heavy atom. The third-order valence-corrected chi connectivity index (χ3v) is 4.33. The van der Waals surface area contributed by atoms with E-state index in [1.165, 1.54) is 24.3 Å². The molecule has 3 rings (SSSR count). The zero-order valence-corrected chi connectivity index (χ0v) is 15.3. The van der Waals surface area contributed by atoms with Gasteiger partial charge in [-0.15, -0.1) is 25.6 Å². The Morgan fingerprint density at radius 2 is 2.04 bits per heavy atom. The second-order valence-electron chi connectivity index (χ2n) is 6.23. The van der Waals surface area contributed by atoms with Gasteiger partial charge >= 0.3 is 6.36 Å². The number of ether oxygens (including phenoxy) is 1. The van der Waals surface area contributed by atoms with Gasteiger partial charge in [0.1, 0.15) is 5.75 Å². The summed E-state index contributed by atoms with van der Waals surface area (Å²) in [6, 6.07) is 5.44. The van der Waals surface area contributed by atoms with E-state index in [1.54, 1.807) is 10.9 Å². The quantitative estimate of drug-likeness (QED) is 0.802. The van der Waals surface area contributed by atoms with Crippen molar-refractivity contribution in [3.63, 3.8) is 0 Å². The molecule has 2 N–H and O–H groups in total. The topological polar surface area (TPSA) is 68.2 Å². The van der Waals surface area contributed by atoms with Gasteiger partial charge in [0, 0.05) is 38.8 Å². The zero-order chi connectivity index (χ0) is 18.7. The number of aryl methyl sites for hydroxylation is 1. The lowest BCUT2D eigenvalue weighted by atomic mass is 9.90. The van der Waals surface area contributed by atoms with Gasteiger partial charge in [0.15, 0.2) is 0 Å². The van der Waals surface area contributed by atoms with Crippen molar-refractivity contribution in [1.82, 2.24) is 20.4 Å². The number of nitrogens with zero attached hydrogens (tertiary/aromatic N) is 2. The molecule has 2 atom stereocenters. The number of hydrogen-bond donors (Lipinski definition) is 2. The van der Waals surface area contributed by atoms with Crippen LogP contribution in [-0.2, 0) is 18.4 Å². The number of amides is 1. The lowest BCUT2D eigenvalue weighted by Gasteiger charge is -2.17. The third-order valence-electron chi connectivity index (χ3n) is 4.33. The molecule has 1 aromatic heterocycles. The maximum absolute atomic E-state index is 12.5. The van der Waals surface area contributed by atoms with Crippen LogP contribution in [0, 0.1) is 5.92 Å². The normalized spacial score (nSPS) is 19.4. The van der Waals surface area contributed by atoms with E-state index in [0.29, 0.717) is 18.7 Å². The molecule has 1 aromatic carbocycles. The van der Waals surface area contributed by atoms with Crippen molar-refractivity contribution in [2.24, 2.45) is 13.0 Å². The van der Waals surface area contributed by atoms with E-state index in [2.05, 4.69) is 20.5 Å². The molecule has 148 valence electrons. The highest BCUT2D eigenvalue weighted by atomic mass is 35.5. The molecule has 1 aliphatic heterocycles. The Bertz CT molecular complexity index is 764. The molecule has 1 aliphatic rings. The second-order valence-corrected chi connectivity index (χ2v) is 6.23. The van der Waals surface area contributed by atoms with E-state index in [-0.39, 0.29) is 42.4 Å². The molecular formula is C17H20ClF3N4O2. The van der Waals surface area contributed by atoms with Crippen LogP contribution in [0.4, 0.5) is 13.2 Å². The minimum atomic E-state index is -4.72. The van der Waals surface area contributed by atoms with Gasteiger partial charge in [0.2, 0.25) is 5.91 Å². The van der Waals surface area contributed by atoms with Crippen molar-refractivity contribution in [2.45, 2.75) is 18.8 Å². The summed E-state index contributed by atoms with van der Waals surface area (Å²) in [5, 5.41) is 10.2. The minimum absolute atomic E-state index is 0. The van der Waals surface area contributed by atoms with Crippen molar-refractivity contribution in [3.05, 3.63) is 47.8 Å². The number of alkyl halides is 3. The Hall–Kier alpha value is -2.26. The summed E-state index contributed by atoms with van der Waals surface area (Å²) in [5.41, 5.74) is 1.70. The van der Waals surface area contributed by atoms with Gasteiger partial charge in [-0.1, -0.05) is 12.1 Å². The molecule has 6 nitrogen and oxygen atoms in total. The van der Waals surface area contributed by atoms with Crippen LogP contribution >= 0.6 is 12.4 Å². The molecule has 1 amide bonds. The van der Waals surface area contributed by atoms with Gasteiger partial charge in [0.25, 0.3) is 0 Å². The highest BCUT2D eigenvalue weighted by molar-refractivity contribution is 5.85. The van der Waals surface area contributed by atoms with Gasteiger partial charge in [-0.25, -0.2) is 0 Å². The predicted molar refractivity (Wildman–Crippen MR) is 94.5 cm³/mol. The fraction of sp³-hybridized carbons (Fsp3) is 0.412. The number of rotatable bonds is 5. The van der Waals surface area contributed by atoms with Gasteiger partial charge in [-0.3, -0.25) is 9.48 Å². The number of aromatic nitrogens is 2. The van der Waals surface area contributed by atoms with E-state index < -0.39 is 6.36 Å². The van der Waals surface area contributed by atoms with Crippen molar-refractivity contribution in [2.75, 3.05) is 13.1 Å². The van der Waals surface area contributed by atoms with E-state index >= 15 is 0 Å². The Kier molecular flexibility index (Phi) is 6.72. The summed E-state index contributed by atoms with van der Waals surface area (Å²) in [6.45, 7) is 1.51. The number of carbonyl (C=O) groups is 1. The lowest BCUT2D eigenvalue weighted by Crippen LogP contribution is -2.33. The first-order valence-electron chi connectivity index (χ1n) is 8.13. The van der Waals surface area contributed by atoms with Gasteiger partial charge in [-0.2, -0.15) is 5.10 Å². The third kappa shape index (κ3) is 5.61. The average Bonchev–Trinajstić information content (AvgIpc) is 3.21. The Balaban J connectivity index is 0.00000261. The van der Waals surface area contributed by atoms with Crippen molar-refractivity contribution in [1.29, 1.82) is 0 Å². The first kappa shape index (κ1) is 21.0. The summed E-state index contributed by atoms with van der Waals surface area (Å²) in [5.74, 6) is -0.554. The molecule has 10 heteroatoms.